The van der Waals surface area contributed by atoms with E-state index < -0.39 is 0 Å². The number of carbonyl (C=O) groups is 1. The largest absolute Gasteiger partial charge is 0.480 e. The minimum atomic E-state index is -0.114. The maximum Gasteiger partial charge on any atom is 0.323 e. The molecule has 6 heteroatoms. The van der Waals surface area contributed by atoms with Gasteiger partial charge in [-0.2, -0.15) is 0 Å². The summed E-state index contributed by atoms with van der Waals surface area (Å²) in [6.45, 7) is 1.63. The van der Waals surface area contributed by atoms with Gasteiger partial charge in [-0.25, -0.2) is 4.79 Å². The summed E-state index contributed by atoms with van der Waals surface area (Å²) < 4.78 is 4.88. The van der Waals surface area contributed by atoms with Gasteiger partial charge in [0.05, 0.1) is 7.11 Å². The van der Waals surface area contributed by atoms with E-state index in [-0.39, 0.29) is 6.03 Å². The van der Waals surface area contributed by atoms with E-state index in [1.807, 2.05) is 0 Å². The molecule has 0 saturated carbocycles. The molecule has 1 aliphatic heterocycles. The van der Waals surface area contributed by atoms with Gasteiger partial charge in [0.1, 0.15) is 0 Å². The first-order valence-electron chi connectivity index (χ1n) is 5.23. The van der Waals surface area contributed by atoms with Crippen LogP contribution in [0.1, 0.15) is 12.8 Å². The molecule has 2 amide bonds. The first-order chi connectivity index (χ1) is 7.79. The van der Waals surface area contributed by atoms with Crippen LogP contribution in [0.4, 0.5) is 10.6 Å². The van der Waals surface area contributed by atoms with Gasteiger partial charge in [-0.3, -0.25) is 5.32 Å². The maximum absolute atomic E-state index is 11.7. The molecule has 1 N–H and O–H groups in total. The second-order valence-corrected chi connectivity index (χ2v) is 3.59. The van der Waals surface area contributed by atoms with E-state index >= 15 is 0 Å². The van der Waals surface area contributed by atoms with Gasteiger partial charge in [0, 0.05) is 19.2 Å². The van der Waals surface area contributed by atoms with Crippen LogP contribution in [0.2, 0.25) is 0 Å². The zero-order valence-corrected chi connectivity index (χ0v) is 9.14. The van der Waals surface area contributed by atoms with E-state index in [2.05, 4.69) is 15.5 Å². The van der Waals surface area contributed by atoms with Crippen LogP contribution in [0.25, 0.3) is 0 Å². The van der Waals surface area contributed by atoms with Crippen LogP contribution >= 0.6 is 0 Å². The Hall–Kier alpha value is -1.85. The summed E-state index contributed by atoms with van der Waals surface area (Å²) in [5, 5.41) is 10.3. The van der Waals surface area contributed by atoms with Crippen molar-refractivity contribution in [2.45, 2.75) is 12.8 Å². The van der Waals surface area contributed by atoms with Gasteiger partial charge in [-0.05, 0) is 18.9 Å². The Balaban J connectivity index is 1.94. The van der Waals surface area contributed by atoms with Crippen molar-refractivity contribution in [3.05, 3.63) is 12.1 Å². The van der Waals surface area contributed by atoms with Crippen LogP contribution in [-0.2, 0) is 0 Å². The van der Waals surface area contributed by atoms with Gasteiger partial charge in [0.2, 0.25) is 5.88 Å². The molecule has 1 aliphatic rings. The van der Waals surface area contributed by atoms with Crippen molar-refractivity contribution in [1.82, 2.24) is 15.1 Å². The number of amides is 2. The van der Waals surface area contributed by atoms with Crippen LogP contribution in [0, 0.1) is 0 Å². The lowest BCUT2D eigenvalue weighted by Gasteiger charge is -2.15. The van der Waals surface area contributed by atoms with Gasteiger partial charge >= 0.3 is 6.03 Å². The highest BCUT2D eigenvalue weighted by Crippen LogP contribution is 2.11. The van der Waals surface area contributed by atoms with Crippen molar-refractivity contribution in [3.63, 3.8) is 0 Å². The predicted molar refractivity (Wildman–Crippen MR) is 58.4 cm³/mol. The van der Waals surface area contributed by atoms with Crippen molar-refractivity contribution < 1.29 is 9.53 Å². The molecule has 6 nitrogen and oxygen atoms in total. The summed E-state index contributed by atoms with van der Waals surface area (Å²) in [5.41, 5.74) is 0. The monoisotopic (exact) mass is 222 g/mol. The maximum atomic E-state index is 11.7. The minimum absolute atomic E-state index is 0.114. The average Bonchev–Trinajstić information content (AvgIpc) is 2.83. The standard InChI is InChI=1S/C10H14N4O2/c1-16-9-5-4-8(12-13-9)11-10(15)14-6-2-3-7-14/h4-5H,2-3,6-7H2,1H3,(H,11,12,15). The Morgan fingerprint density at radius 3 is 2.69 bits per heavy atom. The van der Waals surface area contributed by atoms with Crippen molar-refractivity contribution >= 4 is 11.8 Å². The van der Waals surface area contributed by atoms with Crippen LogP contribution in [-0.4, -0.2) is 41.3 Å². The molecule has 1 fully saturated rings. The molecule has 0 atom stereocenters. The molecule has 1 aromatic heterocycles. The molecule has 0 aliphatic carbocycles. The molecule has 86 valence electrons. The number of nitrogens with one attached hydrogen (secondary N) is 1. The Kier molecular flexibility index (Phi) is 3.19. The molecule has 0 spiro atoms. The van der Waals surface area contributed by atoms with E-state index in [0.29, 0.717) is 11.7 Å². The van der Waals surface area contributed by atoms with E-state index in [1.54, 1.807) is 17.0 Å². The summed E-state index contributed by atoms with van der Waals surface area (Å²) in [7, 11) is 1.52. The van der Waals surface area contributed by atoms with E-state index in [1.165, 1.54) is 7.11 Å². The van der Waals surface area contributed by atoms with Gasteiger partial charge in [-0.15, -0.1) is 10.2 Å². The molecule has 0 aromatic carbocycles. The lowest BCUT2D eigenvalue weighted by molar-refractivity contribution is 0.222. The number of anilines is 1. The second kappa shape index (κ2) is 4.78. The number of ether oxygens (including phenoxy) is 1. The fourth-order valence-electron chi connectivity index (χ4n) is 1.60. The Morgan fingerprint density at radius 2 is 2.12 bits per heavy atom. The lowest BCUT2D eigenvalue weighted by Crippen LogP contribution is -2.32. The zero-order chi connectivity index (χ0) is 11.4. The van der Waals surface area contributed by atoms with Gasteiger partial charge in [0.15, 0.2) is 5.82 Å². The highest BCUT2D eigenvalue weighted by Gasteiger charge is 2.18. The fourth-order valence-corrected chi connectivity index (χ4v) is 1.60. The molecule has 1 saturated heterocycles. The van der Waals surface area contributed by atoms with E-state index in [4.69, 9.17) is 4.74 Å². The molecular weight excluding hydrogens is 208 g/mol. The van der Waals surface area contributed by atoms with Crippen LogP contribution in [0.15, 0.2) is 12.1 Å². The summed E-state index contributed by atoms with van der Waals surface area (Å²) in [6.07, 6.45) is 2.14. The number of urea groups is 1. The Bertz CT molecular complexity index is 360. The lowest BCUT2D eigenvalue weighted by atomic mass is 10.4. The Labute approximate surface area is 93.6 Å². The van der Waals surface area contributed by atoms with Crippen molar-refractivity contribution in [2.24, 2.45) is 0 Å². The number of rotatable bonds is 2. The third-order valence-corrected chi connectivity index (χ3v) is 2.48. The molecular formula is C10H14N4O2. The highest BCUT2D eigenvalue weighted by atomic mass is 16.5. The van der Waals surface area contributed by atoms with Crippen molar-refractivity contribution in [2.75, 3.05) is 25.5 Å². The van der Waals surface area contributed by atoms with Gasteiger partial charge < -0.3 is 9.64 Å². The molecule has 0 radical (unpaired) electrons. The van der Waals surface area contributed by atoms with Crippen LogP contribution in [0.5, 0.6) is 5.88 Å². The highest BCUT2D eigenvalue weighted by molar-refractivity contribution is 5.88. The smallest absolute Gasteiger partial charge is 0.323 e. The fraction of sp³-hybridized carbons (Fsp3) is 0.500. The number of hydrogen-bond donors (Lipinski definition) is 1. The van der Waals surface area contributed by atoms with Gasteiger partial charge in [0.25, 0.3) is 0 Å². The molecule has 0 unspecified atom stereocenters. The summed E-state index contributed by atoms with van der Waals surface area (Å²) in [4.78, 5) is 13.5. The SMILES string of the molecule is COc1ccc(NC(=O)N2CCCC2)nn1. The van der Waals surface area contributed by atoms with Crippen LogP contribution in [0.3, 0.4) is 0 Å². The third kappa shape index (κ3) is 2.39. The number of carbonyl (C=O) groups excluding carboxylic acids is 1. The van der Waals surface area contributed by atoms with Crippen LogP contribution < -0.4 is 10.1 Å². The Morgan fingerprint density at radius 1 is 1.38 bits per heavy atom. The van der Waals surface area contributed by atoms with Crippen molar-refractivity contribution in [3.8, 4) is 5.88 Å². The van der Waals surface area contributed by atoms with Gasteiger partial charge in [-0.1, -0.05) is 0 Å². The minimum Gasteiger partial charge on any atom is -0.480 e. The second-order valence-electron chi connectivity index (χ2n) is 3.59. The summed E-state index contributed by atoms with van der Waals surface area (Å²) in [5.74, 6) is 0.872. The molecule has 2 rings (SSSR count). The zero-order valence-electron chi connectivity index (χ0n) is 9.14. The number of likely N-dealkylation sites (tertiary alicyclic amines) is 1. The van der Waals surface area contributed by atoms with E-state index in [9.17, 15) is 4.79 Å². The third-order valence-electron chi connectivity index (χ3n) is 2.48. The number of hydrogen-bond acceptors (Lipinski definition) is 4. The summed E-state index contributed by atoms with van der Waals surface area (Å²) in [6, 6.07) is 3.21. The molecule has 1 aromatic rings. The normalized spacial score (nSPS) is 14.9. The topological polar surface area (TPSA) is 67.3 Å². The van der Waals surface area contributed by atoms with E-state index in [0.717, 1.165) is 25.9 Å². The first kappa shape index (κ1) is 10.7. The first-order valence-corrected chi connectivity index (χ1v) is 5.23. The predicted octanol–water partition coefficient (Wildman–Crippen LogP) is 1.11. The number of methoxy groups -OCH3 is 1. The number of aromatic nitrogens is 2. The molecule has 0 bridgehead atoms. The van der Waals surface area contributed by atoms with Crippen molar-refractivity contribution in [1.29, 1.82) is 0 Å². The molecule has 16 heavy (non-hydrogen) atoms. The summed E-state index contributed by atoms with van der Waals surface area (Å²) >= 11 is 0. The average molecular weight is 222 g/mol. The number of nitrogens with zero attached hydrogens (tertiary/aromatic N) is 3. The quantitative estimate of drug-likeness (QED) is 0.814. The molecule has 2 heterocycles.